The average molecular weight is 394 g/mol. The first-order valence-electron chi connectivity index (χ1n) is 10.2. The number of nitrogens with two attached hydrogens (primary N) is 1. The molecule has 1 heterocycles. The second-order valence-electron chi connectivity index (χ2n) is 7.56. The van der Waals surface area contributed by atoms with Gasteiger partial charge in [0.1, 0.15) is 5.75 Å². The van der Waals surface area contributed by atoms with Gasteiger partial charge < -0.3 is 20.7 Å². The predicted molar refractivity (Wildman–Crippen MR) is 117 cm³/mol. The van der Waals surface area contributed by atoms with Crippen molar-refractivity contribution >= 4 is 5.91 Å². The number of likely N-dealkylation sites (tertiary alicyclic amines) is 1. The van der Waals surface area contributed by atoms with Crippen molar-refractivity contribution < 1.29 is 9.53 Å². The Morgan fingerprint density at radius 3 is 2.66 bits per heavy atom. The summed E-state index contributed by atoms with van der Waals surface area (Å²) in [6.07, 6.45) is 3.19. The van der Waals surface area contributed by atoms with Crippen molar-refractivity contribution in [2.24, 2.45) is 5.73 Å². The van der Waals surface area contributed by atoms with Gasteiger partial charge in [-0.1, -0.05) is 48.5 Å². The maximum atomic E-state index is 11.9. The minimum Gasteiger partial charge on any atom is -0.484 e. The van der Waals surface area contributed by atoms with Gasteiger partial charge in [-0.2, -0.15) is 0 Å². The molecule has 3 N–H and O–H groups in total. The van der Waals surface area contributed by atoms with E-state index in [-0.39, 0.29) is 17.9 Å². The van der Waals surface area contributed by atoms with E-state index < -0.39 is 0 Å². The molecule has 3 rings (SSSR count). The molecule has 1 saturated heterocycles. The molecule has 1 amide bonds. The molecule has 5 nitrogen and oxygen atoms in total. The van der Waals surface area contributed by atoms with Gasteiger partial charge in [0.2, 0.25) is 0 Å². The number of allylic oxidation sites excluding steroid dienone is 2. The monoisotopic (exact) mass is 393 g/mol. The number of hydrogen-bond donors (Lipinski definition) is 2. The van der Waals surface area contributed by atoms with Crippen LogP contribution in [0.15, 0.2) is 66.4 Å². The van der Waals surface area contributed by atoms with Crippen molar-refractivity contribution in [3.8, 4) is 5.75 Å². The van der Waals surface area contributed by atoms with E-state index in [1.165, 1.54) is 16.8 Å². The molecule has 0 spiro atoms. The fraction of sp³-hybridized carbons (Fsp3) is 0.375. The van der Waals surface area contributed by atoms with Crippen LogP contribution in [0.5, 0.6) is 5.75 Å². The Hall–Kier alpha value is -2.79. The van der Waals surface area contributed by atoms with Gasteiger partial charge in [0, 0.05) is 31.9 Å². The molecule has 5 heteroatoms. The molecular weight excluding hydrogens is 362 g/mol. The number of amides is 1. The van der Waals surface area contributed by atoms with E-state index in [0.29, 0.717) is 24.9 Å². The second-order valence-corrected chi connectivity index (χ2v) is 7.56. The van der Waals surface area contributed by atoms with Crippen LogP contribution in [0, 0.1) is 0 Å². The third kappa shape index (κ3) is 4.15. The van der Waals surface area contributed by atoms with Crippen LogP contribution in [0.4, 0.5) is 0 Å². The Balaban J connectivity index is 1.97. The number of carbonyl (C=O) groups is 1. The molecule has 2 atom stereocenters. The standard InChI is InChI=1S/C24H31N3O2/c1-4-22-24(16-18(2)27(22)3,19-9-6-5-7-10-19)20-11-8-12-21(15-20)29-17-23(28)26-14-13-25/h4-12,15,18H,13-14,16-17,25H2,1-3H3,(H,26,28)/b22-4-. The number of benzene rings is 2. The summed E-state index contributed by atoms with van der Waals surface area (Å²) in [6.45, 7) is 5.21. The largest absolute Gasteiger partial charge is 0.484 e. The summed E-state index contributed by atoms with van der Waals surface area (Å²) in [5.74, 6) is 0.528. The zero-order chi connectivity index (χ0) is 20.9. The van der Waals surface area contributed by atoms with E-state index in [1.807, 2.05) is 18.2 Å². The smallest absolute Gasteiger partial charge is 0.257 e. The van der Waals surface area contributed by atoms with E-state index in [4.69, 9.17) is 10.5 Å². The highest BCUT2D eigenvalue weighted by atomic mass is 16.5. The summed E-state index contributed by atoms with van der Waals surface area (Å²) in [4.78, 5) is 14.2. The van der Waals surface area contributed by atoms with Crippen LogP contribution < -0.4 is 15.8 Å². The fourth-order valence-corrected chi connectivity index (χ4v) is 4.36. The molecule has 0 bridgehead atoms. The lowest BCUT2D eigenvalue weighted by Gasteiger charge is -2.33. The molecule has 0 aliphatic carbocycles. The molecule has 1 aliphatic heterocycles. The third-order valence-electron chi connectivity index (χ3n) is 5.78. The molecule has 1 fully saturated rings. The normalized spacial score (nSPS) is 22.7. The van der Waals surface area contributed by atoms with Crippen molar-refractivity contribution in [3.05, 3.63) is 77.5 Å². The molecule has 2 unspecified atom stereocenters. The number of carbonyl (C=O) groups excluding carboxylic acids is 1. The molecular formula is C24H31N3O2. The zero-order valence-electron chi connectivity index (χ0n) is 17.5. The van der Waals surface area contributed by atoms with E-state index in [1.54, 1.807) is 0 Å². The van der Waals surface area contributed by atoms with Gasteiger partial charge in [-0.05, 0) is 43.5 Å². The number of hydrogen-bond acceptors (Lipinski definition) is 4. The SMILES string of the molecule is C/C=C1\N(C)C(C)CC1(c1ccccc1)c1cccc(OCC(=O)NCCN)c1. The van der Waals surface area contributed by atoms with Crippen molar-refractivity contribution in [1.82, 2.24) is 10.2 Å². The zero-order valence-corrected chi connectivity index (χ0v) is 17.5. The van der Waals surface area contributed by atoms with Crippen molar-refractivity contribution in [2.45, 2.75) is 31.7 Å². The maximum absolute atomic E-state index is 11.9. The summed E-state index contributed by atoms with van der Waals surface area (Å²) in [5.41, 5.74) is 8.91. The number of nitrogens with one attached hydrogen (secondary N) is 1. The first-order valence-corrected chi connectivity index (χ1v) is 10.2. The molecule has 29 heavy (non-hydrogen) atoms. The van der Waals surface area contributed by atoms with Crippen LogP contribution in [-0.2, 0) is 10.2 Å². The minimum atomic E-state index is -0.245. The van der Waals surface area contributed by atoms with E-state index in [0.717, 1.165) is 6.42 Å². The Morgan fingerprint density at radius 1 is 1.24 bits per heavy atom. The van der Waals surface area contributed by atoms with Crippen LogP contribution >= 0.6 is 0 Å². The van der Waals surface area contributed by atoms with Gasteiger partial charge in [-0.15, -0.1) is 0 Å². The number of rotatable bonds is 7. The fourth-order valence-electron chi connectivity index (χ4n) is 4.36. The van der Waals surface area contributed by atoms with Gasteiger partial charge in [-0.25, -0.2) is 0 Å². The topological polar surface area (TPSA) is 67.6 Å². The third-order valence-corrected chi connectivity index (χ3v) is 5.78. The molecule has 0 aromatic heterocycles. The second kappa shape index (κ2) is 9.14. The number of ether oxygens (including phenoxy) is 1. The summed E-state index contributed by atoms with van der Waals surface area (Å²) in [5, 5.41) is 2.73. The number of nitrogens with zero attached hydrogens (tertiary/aromatic N) is 1. The minimum absolute atomic E-state index is 0.0193. The molecule has 1 aliphatic rings. The first kappa shape index (κ1) is 20.9. The van der Waals surface area contributed by atoms with Crippen LogP contribution in [0.1, 0.15) is 31.4 Å². The van der Waals surface area contributed by atoms with Gasteiger partial charge in [-0.3, -0.25) is 4.79 Å². The summed E-state index contributed by atoms with van der Waals surface area (Å²) in [7, 11) is 2.16. The van der Waals surface area contributed by atoms with Gasteiger partial charge in [0.05, 0.1) is 5.41 Å². The van der Waals surface area contributed by atoms with Crippen molar-refractivity contribution in [2.75, 3.05) is 26.7 Å². The van der Waals surface area contributed by atoms with Gasteiger partial charge >= 0.3 is 0 Å². The Bertz CT molecular complexity index is 865. The highest BCUT2D eigenvalue weighted by molar-refractivity contribution is 5.77. The molecule has 0 radical (unpaired) electrons. The predicted octanol–water partition coefficient (Wildman–Crippen LogP) is 3.05. The lowest BCUT2D eigenvalue weighted by Crippen LogP contribution is -2.33. The molecule has 154 valence electrons. The highest BCUT2D eigenvalue weighted by Gasteiger charge is 2.47. The quantitative estimate of drug-likeness (QED) is 0.759. The molecule has 2 aromatic carbocycles. The number of likely N-dealkylation sites (N-methyl/N-ethyl adjacent to an activating group) is 1. The maximum Gasteiger partial charge on any atom is 0.257 e. The highest BCUT2D eigenvalue weighted by Crippen LogP contribution is 2.50. The summed E-state index contributed by atoms with van der Waals surface area (Å²) < 4.78 is 5.78. The van der Waals surface area contributed by atoms with Crippen molar-refractivity contribution in [1.29, 1.82) is 0 Å². The van der Waals surface area contributed by atoms with E-state index in [9.17, 15) is 4.79 Å². The van der Waals surface area contributed by atoms with E-state index >= 15 is 0 Å². The first-order chi connectivity index (χ1) is 14.0. The average Bonchev–Trinajstić information content (AvgIpc) is 3.02. The Morgan fingerprint density at radius 2 is 1.97 bits per heavy atom. The Kier molecular flexibility index (Phi) is 6.60. The summed E-state index contributed by atoms with van der Waals surface area (Å²) >= 11 is 0. The molecule has 0 saturated carbocycles. The van der Waals surface area contributed by atoms with Crippen LogP contribution in [-0.4, -0.2) is 43.6 Å². The molecule has 2 aromatic rings. The lowest BCUT2D eigenvalue weighted by atomic mass is 9.70. The van der Waals surface area contributed by atoms with Gasteiger partial charge in [0.25, 0.3) is 5.91 Å². The van der Waals surface area contributed by atoms with Gasteiger partial charge in [0.15, 0.2) is 6.61 Å². The van der Waals surface area contributed by atoms with Crippen LogP contribution in [0.25, 0.3) is 0 Å². The van der Waals surface area contributed by atoms with E-state index in [2.05, 4.69) is 73.6 Å². The summed E-state index contributed by atoms with van der Waals surface area (Å²) in [6, 6.07) is 19.2. The van der Waals surface area contributed by atoms with Crippen molar-refractivity contribution in [3.63, 3.8) is 0 Å². The van der Waals surface area contributed by atoms with Crippen LogP contribution in [0.2, 0.25) is 0 Å². The van der Waals surface area contributed by atoms with Crippen LogP contribution in [0.3, 0.4) is 0 Å². The Labute approximate surface area is 173 Å². The lowest BCUT2D eigenvalue weighted by molar-refractivity contribution is -0.123.